The van der Waals surface area contributed by atoms with E-state index < -0.39 is 97.5 Å². The molecule has 5 atom stereocenters. The fourth-order valence-electron chi connectivity index (χ4n) is 11.3. The lowest BCUT2D eigenvalue weighted by Gasteiger charge is -2.21. The maximum Gasteiger partial charge on any atom is 0.472 e. The number of phosphoric ester groups is 2. The van der Waals surface area contributed by atoms with Gasteiger partial charge in [-0.05, 0) is 161 Å². The number of ether oxygens (including phenoxy) is 4. The number of hydrogen-bond acceptors (Lipinski definition) is 15. The summed E-state index contributed by atoms with van der Waals surface area (Å²) in [4.78, 5) is 73.3. The lowest BCUT2D eigenvalue weighted by atomic mass is 10.1. The molecule has 0 aliphatic rings. The van der Waals surface area contributed by atoms with Gasteiger partial charge < -0.3 is 33.8 Å². The third kappa shape index (κ3) is 81.0. The second-order valence-corrected chi connectivity index (χ2v) is 31.2. The second kappa shape index (κ2) is 81.9. The van der Waals surface area contributed by atoms with Gasteiger partial charge in [-0.15, -0.1) is 0 Å². The van der Waals surface area contributed by atoms with Crippen molar-refractivity contribution >= 4 is 39.5 Å². The van der Waals surface area contributed by atoms with Crippen molar-refractivity contribution in [3.05, 3.63) is 146 Å². The molecule has 0 fully saturated rings. The highest BCUT2D eigenvalue weighted by Gasteiger charge is 2.30. The van der Waals surface area contributed by atoms with Crippen LogP contribution in [0.25, 0.3) is 0 Å². The van der Waals surface area contributed by atoms with E-state index in [1.54, 1.807) is 0 Å². The molecule has 0 aromatic heterocycles. The molecule has 0 bridgehead atoms. The Morgan fingerprint density at radius 3 is 0.736 bits per heavy atom. The molecule has 0 rings (SSSR count). The molecule has 0 saturated heterocycles. The number of aliphatic hydroxyl groups excluding tert-OH is 1. The van der Waals surface area contributed by atoms with Crippen molar-refractivity contribution in [3.8, 4) is 0 Å². The van der Waals surface area contributed by atoms with Crippen molar-refractivity contribution in [3.63, 3.8) is 0 Å². The number of carbonyl (C=O) groups excluding carboxylic acids is 4. The first-order valence-corrected chi connectivity index (χ1v) is 46.1. The van der Waals surface area contributed by atoms with E-state index in [1.807, 2.05) is 0 Å². The summed E-state index contributed by atoms with van der Waals surface area (Å²) in [5.41, 5.74) is 0. The molecule has 0 heterocycles. The average molecular weight is 1580 g/mol. The standard InChI is InChI=1S/C91H154O17P2/c1-5-9-13-17-21-25-29-33-37-40-42-45-49-52-56-60-64-68-72-76-89(94)102-82-87(108-91(96)78-74-70-66-62-58-54-50-46-43-41-38-34-30-26-22-18-14-10-6-2)84-106-110(99,100)104-80-85(92)79-103-109(97,98)105-83-86(107-90(95)77-73-69-65-61-57-53-47-36-32-28-24-20-16-12-8-4)81-101-88(93)75-71-67-63-59-55-51-48-44-39-35-31-27-23-19-15-11-7-3/h9-11,13-15,21-23,25-27,33-39,42-43,45-47,85-87,92H,5-8,12,16-20,24,28-32,40-41,44,48-84H2,1-4H3,(H,97,98)(H,99,100)/b13-9-,14-10-,15-11-,25-21-,26-22-,27-23-,37-33-,38-34-,39-35-,45-42-,46-43-,47-36-. The molecule has 3 N–H and O–H groups in total. The van der Waals surface area contributed by atoms with E-state index in [4.69, 9.17) is 37.0 Å². The predicted molar refractivity (Wildman–Crippen MR) is 454 cm³/mol. The van der Waals surface area contributed by atoms with Gasteiger partial charge in [0.1, 0.15) is 19.3 Å². The number of hydrogen-bond donors (Lipinski definition) is 3. The molecule has 630 valence electrons. The van der Waals surface area contributed by atoms with E-state index in [1.165, 1.54) is 38.5 Å². The summed E-state index contributed by atoms with van der Waals surface area (Å²) in [6.45, 7) is 4.53. The van der Waals surface area contributed by atoms with Gasteiger partial charge in [-0.3, -0.25) is 37.3 Å². The van der Waals surface area contributed by atoms with Crippen molar-refractivity contribution in [2.75, 3.05) is 39.6 Å². The van der Waals surface area contributed by atoms with Gasteiger partial charge in [-0.25, -0.2) is 9.13 Å². The molecule has 0 amide bonds. The molecule has 0 spiro atoms. The largest absolute Gasteiger partial charge is 0.472 e. The third-order valence-corrected chi connectivity index (χ3v) is 19.7. The van der Waals surface area contributed by atoms with Crippen LogP contribution in [0, 0.1) is 0 Å². The van der Waals surface area contributed by atoms with Crippen molar-refractivity contribution in [2.45, 2.75) is 367 Å². The molecule has 0 aromatic rings. The summed E-state index contributed by atoms with van der Waals surface area (Å²) in [7, 11) is -9.99. The number of carbonyl (C=O) groups is 4. The van der Waals surface area contributed by atoms with E-state index in [-0.39, 0.29) is 25.7 Å². The van der Waals surface area contributed by atoms with E-state index >= 15 is 0 Å². The Labute approximate surface area is 668 Å². The van der Waals surface area contributed by atoms with Crippen molar-refractivity contribution < 1.29 is 80.2 Å². The zero-order valence-electron chi connectivity index (χ0n) is 69.1. The summed E-state index contributed by atoms with van der Waals surface area (Å²) >= 11 is 0. The summed E-state index contributed by atoms with van der Waals surface area (Å²) in [5.74, 6) is -2.22. The highest BCUT2D eigenvalue weighted by Crippen LogP contribution is 2.45. The number of allylic oxidation sites excluding steroid dienone is 24. The van der Waals surface area contributed by atoms with E-state index in [2.05, 4.69) is 174 Å². The Hall–Kier alpha value is -5.06. The van der Waals surface area contributed by atoms with Crippen LogP contribution in [0.2, 0.25) is 0 Å². The highest BCUT2D eigenvalue weighted by atomic mass is 31.2. The van der Waals surface area contributed by atoms with Crippen molar-refractivity contribution in [1.29, 1.82) is 0 Å². The first-order chi connectivity index (χ1) is 53.7. The molecule has 5 unspecified atom stereocenters. The molecule has 17 nitrogen and oxygen atoms in total. The minimum Gasteiger partial charge on any atom is -0.462 e. The van der Waals surface area contributed by atoms with Crippen LogP contribution in [0.3, 0.4) is 0 Å². The fourth-order valence-corrected chi connectivity index (χ4v) is 12.9. The molecule has 0 aromatic carbocycles. The molecular formula is C91H154O17P2. The molecule has 0 saturated carbocycles. The van der Waals surface area contributed by atoms with E-state index in [9.17, 15) is 43.2 Å². The Morgan fingerprint density at radius 2 is 0.473 bits per heavy atom. The summed E-state index contributed by atoms with van der Waals surface area (Å²) in [6, 6.07) is 0. The zero-order chi connectivity index (χ0) is 80.3. The SMILES string of the molecule is CC/C=C\C/C=C\C/C=C\C/C=C\CCCCCCCCC(=O)OCC(COP(=O)(O)OCC(O)COP(=O)(O)OCC(COC(=O)CCCCCCCCC/C=C\C/C=C\C/C=C\CC)OC(=O)CCCCCCC/C=C\CCCCCCCC)OC(=O)CCCCCCCC/C=C\C/C=C\C/C=C\C/C=C\CC. The Morgan fingerprint density at radius 1 is 0.264 bits per heavy atom. The zero-order valence-corrected chi connectivity index (χ0v) is 70.9. The van der Waals surface area contributed by atoms with Gasteiger partial charge in [0.2, 0.25) is 0 Å². The predicted octanol–water partition coefficient (Wildman–Crippen LogP) is 25.8. The summed E-state index contributed by atoms with van der Waals surface area (Å²) in [5, 5.41) is 10.7. The van der Waals surface area contributed by atoms with Gasteiger partial charge in [-0.2, -0.15) is 0 Å². The van der Waals surface area contributed by atoms with Crippen LogP contribution in [-0.4, -0.2) is 96.7 Å². The second-order valence-electron chi connectivity index (χ2n) is 28.3. The molecule has 0 aliphatic carbocycles. The van der Waals surface area contributed by atoms with E-state index in [0.29, 0.717) is 25.7 Å². The Balaban J connectivity index is 5.42. The molecular weight excluding hydrogens is 1430 g/mol. The van der Waals surface area contributed by atoms with Gasteiger partial charge in [0.15, 0.2) is 12.2 Å². The number of rotatable bonds is 80. The minimum absolute atomic E-state index is 0.0713. The van der Waals surface area contributed by atoms with Gasteiger partial charge >= 0.3 is 39.5 Å². The highest BCUT2D eigenvalue weighted by molar-refractivity contribution is 7.47. The first-order valence-electron chi connectivity index (χ1n) is 43.1. The number of phosphoric acid groups is 2. The number of esters is 4. The van der Waals surface area contributed by atoms with Gasteiger partial charge in [-0.1, -0.05) is 308 Å². The van der Waals surface area contributed by atoms with Crippen LogP contribution in [0.4, 0.5) is 0 Å². The maximum absolute atomic E-state index is 13.2. The number of unbranched alkanes of at least 4 members (excludes halogenated alkanes) is 30. The lowest BCUT2D eigenvalue weighted by molar-refractivity contribution is -0.161. The topological polar surface area (TPSA) is 237 Å². The van der Waals surface area contributed by atoms with Crippen molar-refractivity contribution in [1.82, 2.24) is 0 Å². The fraction of sp³-hybridized carbons (Fsp3) is 0.692. The third-order valence-electron chi connectivity index (χ3n) is 17.8. The maximum atomic E-state index is 13.2. The summed E-state index contributed by atoms with van der Waals surface area (Å²) in [6.07, 6.45) is 95.1. The quantitative estimate of drug-likeness (QED) is 0.0169. The van der Waals surface area contributed by atoms with Crippen LogP contribution < -0.4 is 0 Å². The first kappa shape index (κ1) is 105. The van der Waals surface area contributed by atoms with Crippen molar-refractivity contribution in [2.24, 2.45) is 0 Å². The van der Waals surface area contributed by atoms with Gasteiger partial charge in [0, 0.05) is 25.7 Å². The smallest absolute Gasteiger partial charge is 0.462 e. The normalized spacial score (nSPS) is 14.5. The summed E-state index contributed by atoms with van der Waals surface area (Å²) < 4.78 is 68.9. The van der Waals surface area contributed by atoms with E-state index in [0.717, 1.165) is 231 Å². The van der Waals surface area contributed by atoms with Crippen LogP contribution in [0.15, 0.2) is 146 Å². The molecule has 110 heavy (non-hydrogen) atoms. The van der Waals surface area contributed by atoms with Crippen LogP contribution in [0.5, 0.6) is 0 Å². The Bertz CT molecular complexity index is 2650. The van der Waals surface area contributed by atoms with Crippen LogP contribution in [0.1, 0.15) is 349 Å². The monoisotopic (exact) mass is 1580 g/mol. The van der Waals surface area contributed by atoms with Gasteiger partial charge in [0.05, 0.1) is 26.4 Å². The average Bonchev–Trinajstić information content (AvgIpc) is 0.900. The number of aliphatic hydroxyl groups is 1. The van der Waals surface area contributed by atoms with Gasteiger partial charge in [0.25, 0.3) is 0 Å². The minimum atomic E-state index is -5.00. The Kier molecular flexibility index (Phi) is 78.2. The van der Waals surface area contributed by atoms with Crippen LogP contribution >= 0.6 is 15.6 Å². The van der Waals surface area contributed by atoms with Crippen LogP contribution in [-0.2, 0) is 65.4 Å². The molecule has 19 heteroatoms. The molecule has 0 radical (unpaired) electrons. The lowest BCUT2D eigenvalue weighted by Crippen LogP contribution is -2.30. The molecule has 0 aliphatic heterocycles.